The Labute approximate surface area is 116 Å². The van der Waals surface area contributed by atoms with Crippen molar-refractivity contribution in [2.24, 2.45) is 0 Å². The van der Waals surface area contributed by atoms with Crippen molar-refractivity contribution in [3.63, 3.8) is 0 Å². The number of hydrogen-bond donors (Lipinski definition) is 1. The van der Waals surface area contributed by atoms with Crippen LogP contribution in [0.1, 0.15) is 34.7 Å². The lowest BCUT2D eigenvalue weighted by Crippen LogP contribution is -2.17. The molecule has 2 rings (SSSR count). The zero-order chi connectivity index (χ0) is 12.8. The number of aromatic nitrogens is 2. The Bertz CT molecular complexity index is 476. The van der Waals surface area contributed by atoms with Gasteiger partial charge in [0.25, 0.3) is 0 Å². The summed E-state index contributed by atoms with van der Waals surface area (Å²) in [7, 11) is 0. The number of hydrogen-bond acceptors (Lipinski definition) is 5. The first-order valence-electron chi connectivity index (χ1n) is 6.33. The third-order valence-corrected chi connectivity index (χ3v) is 4.30. The van der Waals surface area contributed by atoms with Gasteiger partial charge < -0.3 is 5.32 Å². The van der Waals surface area contributed by atoms with Crippen molar-refractivity contribution in [1.29, 1.82) is 0 Å². The van der Waals surface area contributed by atoms with Gasteiger partial charge in [-0.3, -0.25) is 0 Å². The second-order valence-corrected chi connectivity index (χ2v) is 6.27. The zero-order valence-electron chi connectivity index (χ0n) is 10.9. The lowest BCUT2D eigenvalue weighted by molar-refractivity contribution is 0.666. The average Bonchev–Trinajstić information content (AvgIpc) is 2.95. The van der Waals surface area contributed by atoms with E-state index in [-0.39, 0.29) is 0 Å². The Hall–Kier alpha value is -0.780. The van der Waals surface area contributed by atoms with Gasteiger partial charge in [0.1, 0.15) is 0 Å². The average molecular weight is 281 g/mol. The molecule has 0 amide bonds. The molecular weight excluding hydrogens is 262 g/mol. The zero-order valence-corrected chi connectivity index (χ0v) is 12.5. The maximum absolute atomic E-state index is 4.66. The molecule has 0 aliphatic heterocycles. The van der Waals surface area contributed by atoms with Gasteiger partial charge in [0.15, 0.2) is 0 Å². The summed E-state index contributed by atoms with van der Waals surface area (Å²) >= 11 is 3.45. The van der Waals surface area contributed by atoms with E-state index in [0.29, 0.717) is 0 Å². The van der Waals surface area contributed by atoms with Crippen LogP contribution < -0.4 is 5.32 Å². The maximum Gasteiger partial charge on any atom is 0.0988 e. The maximum atomic E-state index is 4.66. The highest BCUT2D eigenvalue weighted by molar-refractivity contribution is 7.10. The largest absolute Gasteiger partial charge is 0.316 e. The molecule has 98 valence electrons. The standard InChI is InChI=1S/C13H19N3S2/c1-3-5-14-6-4-11-8-18-13(16-11)7-12-9-17-10(2)15-12/h8-9,14H,3-7H2,1-2H3. The van der Waals surface area contributed by atoms with E-state index >= 15 is 0 Å². The highest BCUT2D eigenvalue weighted by Gasteiger charge is 2.05. The minimum Gasteiger partial charge on any atom is -0.316 e. The number of nitrogens with one attached hydrogen (secondary N) is 1. The van der Waals surface area contributed by atoms with Crippen LogP contribution in [0.3, 0.4) is 0 Å². The number of nitrogens with zero attached hydrogens (tertiary/aromatic N) is 2. The lowest BCUT2D eigenvalue weighted by atomic mass is 10.3. The number of thiazole rings is 2. The van der Waals surface area contributed by atoms with Crippen LogP contribution in [0, 0.1) is 6.92 Å². The Morgan fingerprint density at radius 2 is 1.94 bits per heavy atom. The monoisotopic (exact) mass is 281 g/mol. The molecule has 1 N–H and O–H groups in total. The van der Waals surface area contributed by atoms with Gasteiger partial charge in [-0.25, -0.2) is 9.97 Å². The molecule has 2 aromatic heterocycles. The fraction of sp³-hybridized carbons (Fsp3) is 0.538. The molecule has 5 heteroatoms. The summed E-state index contributed by atoms with van der Waals surface area (Å²) in [5, 5.41) is 9.99. The summed E-state index contributed by atoms with van der Waals surface area (Å²) in [5.41, 5.74) is 2.34. The highest BCUT2D eigenvalue weighted by Crippen LogP contribution is 2.16. The minimum atomic E-state index is 0.872. The summed E-state index contributed by atoms with van der Waals surface area (Å²) in [5.74, 6) is 0. The number of aryl methyl sites for hydroxylation is 1. The van der Waals surface area contributed by atoms with Crippen molar-refractivity contribution in [3.8, 4) is 0 Å². The molecule has 18 heavy (non-hydrogen) atoms. The molecule has 0 bridgehead atoms. The van der Waals surface area contributed by atoms with Crippen molar-refractivity contribution < 1.29 is 0 Å². The van der Waals surface area contributed by atoms with E-state index in [1.54, 1.807) is 22.7 Å². The fourth-order valence-corrected chi connectivity index (χ4v) is 3.16. The SMILES string of the molecule is CCCNCCc1csc(Cc2csc(C)n2)n1. The summed E-state index contributed by atoms with van der Waals surface area (Å²) in [6.45, 7) is 6.34. The predicted octanol–water partition coefficient (Wildman–Crippen LogP) is 3.04. The van der Waals surface area contributed by atoms with Crippen molar-refractivity contribution in [3.05, 3.63) is 32.2 Å². The van der Waals surface area contributed by atoms with E-state index in [9.17, 15) is 0 Å². The van der Waals surface area contributed by atoms with E-state index in [4.69, 9.17) is 0 Å². The van der Waals surface area contributed by atoms with E-state index in [0.717, 1.165) is 36.6 Å². The Morgan fingerprint density at radius 3 is 2.67 bits per heavy atom. The van der Waals surface area contributed by atoms with Gasteiger partial charge >= 0.3 is 0 Å². The van der Waals surface area contributed by atoms with Gasteiger partial charge in [0, 0.05) is 30.1 Å². The molecule has 0 aromatic carbocycles. The second-order valence-electron chi connectivity index (χ2n) is 4.27. The molecule has 0 spiro atoms. The van der Waals surface area contributed by atoms with Gasteiger partial charge in [0.2, 0.25) is 0 Å². The minimum absolute atomic E-state index is 0.872. The topological polar surface area (TPSA) is 37.8 Å². The lowest BCUT2D eigenvalue weighted by Gasteiger charge is -1.99. The molecule has 0 saturated heterocycles. The predicted molar refractivity (Wildman–Crippen MR) is 78.6 cm³/mol. The quantitative estimate of drug-likeness (QED) is 0.793. The molecule has 0 atom stereocenters. The summed E-state index contributed by atoms with van der Waals surface area (Å²) in [6.07, 6.45) is 3.08. The third kappa shape index (κ3) is 4.15. The van der Waals surface area contributed by atoms with Crippen molar-refractivity contribution in [2.75, 3.05) is 13.1 Å². The van der Waals surface area contributed by atoms with Gasteiger partial charge in [0.05, 0.1) is 21.4 Å². The Balaban J connectivity index is 1.82. The molecule has 0 fully saturated rings. The normalized spacial score (nSPS) is 11.0. The second kappa shape index (κ2) is 6.97. The summed E-state index contributed by atoms with van der Waals surface area (Å²) in [6, 6.07) is 0. The number of rotatable bonds is 7. The van der Waals surface area contributed by atoms with Gasteiger partial charge in [-0.1, -0.05) is 6.92 Å². The molecule has 3 nitrogen and oxygen atoms in total. The molecule has 0 radical (unpaired) electrons. The summed E-state index contributed by atoms with van der Waals surface area (Å²) in [4.78, 5) is 9.13. The van der Waals surface area contributed by atoms with Crippen LogP contribution in [0.25, 0.3) is 0 Å². The fourth-order valence-electron chi connectivity index (χ4n) is 1.71. The smallest absolute Gasteiger partial charge is 0.0988 e. The van der Waals surface area contributed by atoms with Crippen LogP contribution in [0.4, 0.5) is 0 Å². The van der Waals surface area contributed by atoms with Crippen molar-refractivity contribution >= 4 is 22.7 Å². The van der Waals surface area contributed by atoms with Gasteiger partial charge in [-0.05, 0) is 19.9 Å². The van der Waals surface area contributed by atoms with E-state index < -0.39 is 0 Å². The highest BCUT2D eigenvalue weighted by atomic mass is 32.1. The first-order valence-corrected chi connectivity index (χ1v) is 8.09. The molecule has 2 heterocycles. The molecule has 0 unspecified atom stereocenters. The van der Waals surface area contributed by atoms with Gasteiger partial charge in [-0.2, -0.15) is 0 Å². The molecule has 0 aliphatic carbocycles. The molecular formula is C13H19N3S2. The van der Waals surface area contributed by atoms with E-state index in [1.807, 2.05) is 6.92 Å². The van der Waals surface area contributed by atoms with E-state index in [2.05, 4.69) is 33.0 Å². The summed E-state index contributed by atoms with van der Waals surface area (Å²) < 4.78 is 0. The Kier molecular flexibility index (Phi) is 5.28. The van der Waals surface area contributed by atoms with Crippen LogP contribution in [-0.2, 0) is 12.8 Å². The molecule has 0 aliphatic rings. The Morgan fingerprint density at radius 1 is 1.11 bits per heavy atom. The first kappa shape index (κ1) is 13.6. The van der Waals surface area contributed by atoms with E-state index in [1.165, 1.54) is 17.1 Å². The van der Waals surface area contributed by atoms with Crippen molar-refractivity contribution in [2.45, 2.75) is 33.1 Å². The molecule has 2 aromatic rings. The third-order valence-electron chi connectivity index (χ3n) is 2.58. The van der Waals surface area contributed by atoms with Gasteiger partial charge in [-0.15, -0.1) is 22.7 Å². The first-order chi connectivity index (χ1) is 8.78. The van der Waals surface area contributed by atoms with Crippen LogP contribution in [0.15, 0.2) is 10.8 Å². The van der Waals surface area contributed by atoms with Crippen LogP contribution in [0.5, 0.6) is 0 Å². The van der Waals surface area contributed by atoms with Crippen LogP contribution in [0.2, 0.25) is 0 Å². The van der Waals surface area contributed by atoms with Crippen LogP contribution in [-0.4, -0.2) is 23.1 Å². The van der Waals surface area contributed by atoms with Crippen LogP contribution >= 0.6 is 22.7 Å². The van der Waals surface area contributed by atoms with Crippen molar-refractivity contribution in [1.82, 2.24) is 15.3 Å². The molecule has 0 saturated carbocycles.